The average Bonchev–Trinajstić information content (AvgIpc) is 3.41. The molecule has 38 heavy (non-hydrogen) atoms. The van der Waals surface area contributed by atoms with Crippen LogP contribution in [-0.4, -0.2) is 68.0 Å². The summed E-state index contributed by atoms with van der Waals surface area (Å²) in [6.45, 7) is 6.14. The van der Waals surface area contributed by atoms with Gasteiger partial charge < -0.3 is 29.0 Å². The van der Waals surface area contributed by atoms with Gasteiger partial charge in [0.1, 0.15) is 6.10 Å². The van der Waals surface area contributed by atoms with Crippen LogP contribution in [0.25, 0.3) is 0 Å². The van der Waals surface area contributed by atoms with Gasteiger partial charge in [-0.15, -0.1) is 0 Å². The van der Waals surface area contributed by atoms with Crippen molar-refractivity contribution in [2.75, 3.05) is 26.9 Å². The molecule has 10 nitrogen and oxygen atoms in total. The lowest BCUT2D eigenvalue weighted by molar-refractivity contribution is -0.160. The van der Waals surface area contributed by atoms with Crippen molar-refractivity contribution in [2.24, 2.45) is 11.8 Å². The van der Waals surface area contributed by atoms with Crippen LogP contribution >= 0.6 is 0 Å². The van der Waals surface area contributed by atoms with E-state index in [4.69, 9.17) is 23.7 Å². The van der Waals surface area contributed by atoms with Crippen molar-refractivity contribution in [1.82, 2.24) is 10.3 Å². The van der Waals surface area contributed by atoms with Crippen LogP contribution in [-0.2, 0) is 23.8 Å². The van der Waals surface area contributed by atoms with Crippen molar-refractivity contribution in [1.29, 1.82) is 0 Å². The summed E-state index contributed by atoms with van der Waals surface area (Å²) in [5.41, 5.74) is -0.184. The van der Waals surface area contributed by atoms with Gasteiger partial charge in [0.2, 0.25) is 5.75 Å². The Kier molecular flexibility index (Phi) is 11.8. The van der Waals surface area contributed by atoms with Crippen molar-refractivity contribution < 1.29 is 38.1 Å². The van der Waals surface area contributed by atoms with Gasteiger partial charge in [0, 0.05) is 31.7 Å². The number of hydrogen-bond acceptors (Lipinski definition) is 9. The Balaban J connectivity index is 1.75. The van der Waals surface area contributed by atoms with E-state index in [2.05, 4.69) is 17.2 Å². The fourth-order valence-corrected chi connectivity index (χ4v) is 5.26. The molecule has 2 fully saturated rings. The van der Waals surface area contributed by atoms with Crippen molar-refractivity contribution in [2.45, 2.75) is 90.4 Å². The largest absolute Gasteiger partial charge is 0.493 e. The molecular weight excluding hydrogens is 492 g/mol. The zero-order chi connectivity index (χ0) is 27.5. The van der Waals surface area contributed by atoms with E-state index in [-0.39, 0.29) is 35.8 Å². The highest BCUT2D eigenvalue weighted by molar-refractivity contribution is 5.98. The molecule has 0 aromatic carbocycles. The quantitative estimate of drug-likeness (QED) is 0.333. The SMILES string of the molecule is CCCCCOC1C(CC2CCCC2)COCC(NC(=O)c2nccc(OC)c2OC(C)=O)C(=O)OC1C. The van der Waals surface area contributed by atoms with Gasteiger partial charge in [-0.3, -0.25) is 9.59 Å². The topological polar surface area (TPSA) is 122 Å². The number of ether oxygens (including phenoxy) is 5. The Bertz CT molecular complexity index is 933. The van der Waals surface area contributed by atoms with Crippen LogP contribution in [0.4, 0.5) is 0 Å². The van der Waals surface area contributed by atoms with Gasteiger partial charge in [-0.1, -0.05) is 45.4 Å². The molecule has 4 unspecified atom stereocenters. The molecule has 2 aliphatic rings. The Morgan fingerprint density at radius 2 is 1.95 bits per heavy atom. The van der Waals surface area contributed by atoms with Crippen LogP contribution in [0.5, 0.6) is 11.5 Å². The van der Waals surface area contributed by atoms with E-state index < -0.39 is 30.0 Å². The maximum absolute atomic E-state index is 13.2. The van der Waals surface area contributed by atoms with Gasteiger partial charge in [-0.05, 0) is 25.7 Å². The fraction of sp³-hybridized carbons (Fsp3) is 0.714. The second kappa shape index (κ2) is 15.0. The number of methoxy groups -OCH3 is 1. The maximum Gasteiger partial charge on any atom is 0.331 e. The first-order valence-corrected chi connectivity index (χ1v) is 13.8. The van der Waals surface area contributed by atoms with Crippen LogP contribution < -0.4 is 14.8 Å². The van der Waals surface area contributed by atoms with Gasteiger partial charge in [-0.2, -0.15) is 0 Å². The number of cyclic esters (lactones) is 1. The van der Waals surface area contributed by atoms with Crippen LogP contribution in [0.1, 0.15) is 82.6 Å². The highest BCUT2D eigenvalue weighted by Gasteiger charge is 2.37. The lowest BCUT2D eigenvalue weighted by Crippen LogP contribution is -2.46. The van der Waals surface area contributed by atoms with Crippen molar-refractivity contribution >= 4 is 17.8 Å². The second-order valence-corrected chi connectivity index (χ2v) is 10.2. The number of rotatable bonds is 11. The van der Waals surface area contributed by atoms with Crippen molar-refractivity contribution in [3.63, 3.8) is 0 Å². The lowest BCUT2D eigenvalue weighted by Gasteiger charge is -2.32. The van der Waals surface area contributed by atoms with Gasteiger partial charge in [0.05, 0.1) is 26.4 Å². The third-order valence-electron chi connectivity index (χ3n) is 7.15. The zero-order valence-corrected chi connectivity index (χ0v) is 23.0. The number of pyridine rings is 1. The first kappa shape index (κ1) is 29.8. The number of carbonyl (C=O) groups excluding carboxylic acids is 3. The fourth-order valence-electron chi connectivity index (χ4n) is 5.26. The molecule has 0 radical (unpaired) electrons. The first-order chi connectivity index (χ1) is 18.3. The third kappa shape index (κ3) is 8.39. The smallest absolute Gasteiger partial charge is 0.331 e. The minimum Gasteiger partial charge on any atom is -0.493 e. The molecular formula is C28H42N2O8. The summed E-state index contributed by atoms with van der Waals surface area (Å²) in [6, 6.07) is 0.397. The Morgan fingerprint density at radius 1 is 1.18 bits per heavy atom. The molecule has 3 rings (SSSR count). The Labute approximate surface area is 225 Å². The van der Waals surface area contributed by atoms with Gasteiger partial charge in [0.15, 0.2) is 17.5 Å². The molecule has 1 saturated heterocycles. The zero-order valence-electron chi connectivity index (χ0n) is 23.0. The number of nitrogens with one attached hydrogen (secondary N) is 1. The molecule has 1 aliphatic carbocycles. The van der Waals surface area contributed by atoms with Crippen LogP contribution in [0.15, 0.2) is 12.3 Å². The summed E-state index contributed by atoms with van der Waals surface area (Å²) >= 11 is 0. The summed E-state index contributed by atoms with van der Waals surface area (Å²) in [5, 5.41) is 2.64. The maximum atomic E-state index is 13.2. The number of nitrogens with zero attached hydrogens (tertiary/aromatic N) is 1. The third-order valence-corrected chi connectivity index (χ3v) is 7.15. The second-order valence-electron chi connectivity index (χ2n) is 10.2. The summed E-state index contributed by atoms with van der Waals surface area (Å²) in [6.07, 6.45) is 9.51. The highest BCUT2D eigenvalue weighted by Crippen LogP contribution is 2.34. The van der Waals surface area contributed by atoms with Gasteiger partial charge >= 0.3 is 11.9 Å². The summed E-state index contributed by atoms with van der Waals surface area (Å²) in [4.78, 5) is 42.0. The molecule has 1 aliphatic heterocycles. The average molecular weight is 535 g/mol. The Morgan fingerprint density at radius 3 is 2.63 bits per heavy atom. The summed E-state index contributed by atoms with van der Waals surface area (Å²) in [7, 11) is 1.39. The minimum atomic E-state index is -1.07. The normalized spacial score (nSPS) is 24.6. The summed E-state index contributed by atoms with van der Waals surface area (Å²) in [5.74, 6) is -1.24. The Hall–Kier alpha value is -2.72. The van der Waals surface area contributed by atoms with Crippen LogP contribution in [0.2, 0.25) is 0 Å². The van der Waals surface area contributed by atoms with E-state index >= 15 is 0 Å². The standard InChI is InChI=1S/C28H42N2O8/c1-5-6-9-14-36-25-18(2)37-28(33)22(17-35-16-21(25)15-20-10-7-8-11-20)30-27(32)24-26(38-19(3)31)23(34-4)12-13-29-24/h12-13,18,20-22,25H,5-11,14-17H2,1-4H3,(H,30,32). The molecule has 1 aromatic heterocycles. The molecule has 2 heterocycles. The molecule has 0 bridgehead atoms. The van der Waals surface area contributed by atoms with E-state index in [1.54, 1.807) is 0 Å². The van der Waals surface area contributed by atoms with E-state index in [9.17, 15) is 14.4 Å². The molecule has 4 atom stereocenters. The number of hydrogen-bond donors (Lipinski definition) is 1. The molecule has 1 N–H and O–H groups in total. The van der Waals surface area contributed by atoms with Crippen LogP contribution in [0.3, 0.4) is 0 Å². The number of esters is 2. The number of aromatic nitrogens is 1. The van der Waals surface area contributed by atoms with E-state index in [0.29, 0.717) is 19.1 Å². The van der Waals surface area contributed by atoms with Crippen LogP contribution in [0, 0.1) is 11.8 Å². The minimum absolute atomic E-state index is 0.0616. The summed E-state index contributed by atoms with van der Waals surface area (Å²) < 4.78 is 28.6. The van der Waals surface area contributed by atoms with Crippen molar-refractivity contribution in [3.05, 3.63) is 18.0 Å². The highest BCUT2D eigenvalue weighted by atomic mass is 16.6. The number of unbranched alkanes of at least 4 members (excludes halogenated alkanes) is 2. The van der Waals surface area contributed by atoms with Gasteiger partial charge in [0.25, 0.3) is 5.91 Å². The molecule has 1 amide bonds. The van der Waals surface area contributed by atoms with E-state index in [1.807, 2.05) is 6.92 Å². The van der Waals surface area contributed by atoms with Crippen molar-refractivity contribution in [3.8, 4) is 11.5 Å². The molecule has 10 heteroatoms. The van der Waals surface area contributed by atoms with E-state index in [0.717, 1.165) is 25.7 Å². The molecule has 1 aromatic rings. The molecule has 212 valence electrons. The number of amides is 1. The number of carbonyl (C=O) groups is 3. The molecule has 0 spiro atoms. The molecule has 1 saturated carbocycles. The monoisotopic (exact) mass is 534 g/mol. The lowest BCUT2D eigenvalue weighted by atomic mass is 9.87. The van der Waals surface area contributed by atoms with E-state index in [1.165, 1.54) is 52.0 Å². The predicted molar refractivity (Wildman–Crippen MR) is 139 cm³/mol. The predicted octanol–water partition coefficient (Wildman–Crippen LogP) is 3.85. The first-order valence-electron chi connectivity index (χ1n) is 13.8. The van der Waals surface area contributed by atoms with Gasteiger partial charge in [-0.25, -0.2) is 9.78 Å².